The number of nitrogens with two attached hydrogens (primary N) is 1. The summed E-state index contributed by atoms with van der Waals surface area (Å²) in [5, 5.41) is 11.1. The van der Waals surface area contributed by atoms with Gasteiger partial charge in [-0.25, -0.2) is 4.98 Å². The van der Waals surface area contributed by atoms with Gasteiger partial charge in [-0.1, -0.05) is 13.8 Å². The summed E-state index contributed by atoms with van der Waals surface area (Å²) in [5.41, 5.74) is 8.55. The number of fused-ring (bicyclic) bond motifs is 1. The number of anilines is 2. The lowest BCUT2D eigenvalue weighted by Gasteiger charge is -2.21. The number of hydrogen-bond acceptors (Lipinski definition) is 7. The molecule has 9 nitrogen and oxygen atoms in total. The van der Waals surface area contributed by atoms with E-state index in [9.17, 15) is 13.2 Å². The van der Waals surface area contributed by atoms with Crippen molar-refractivity contribution in [3.05, 3.63) is 41.6 Å². The molecular weight excluding hydrogens is 411 g/mol. The summed E-state index contributed by atoms with van der Waals surface area (Å²) in [6, 6.07) is 4.97. The van der Waals surface area contributed by atoms with Gasteiger partial charge in [-0.05, 0) is 31.0 Å². The first-order valence-electron chi connectivity index (χ1n) is 9.47. The van der Waals surface area contributed by atoms with E-state index >= 15 is 0 Å². The van der Waals surface area contributed by atoms with Gasteiger partial charge in [0.1, 0.15) is 0 Å². The topological polar surface area (TPSA) is 134 Å². The van der Waals surface area contributed by atoms with Gasteiger partial charge >= 0.3 is 6.18 Å². The molecule has 0 aliphatic heterocycles. The van der Waals surface area contributed by atoms with Crippen molar-refractivity contribution in [2.24, 2.45) is 5.92 Å². The van der Waals surface area contributed by atoms with E-state index in [0.29, 0.717) is 11.4 Å². The van der Waals surface area contributed by atoms with Crippen LogP contribution in [0.25, 0.3) is 22.3 Å². The normalized spacial score (nSPS) is 13.1. The lowest BCUT2D eigenvalue weighted by molar-refractivity contribution is -0.144. The Kier molecular flexibility index (Phi) is 4.99. The number of aromatic amines is 2. The van der Waals surface area contributed by atoms with Gasteiger partial charge < -0.3 is 16.0 Å². The molecule has 0 saturated heterocycles. The standard InChI is InChI=1S/C19H20F3N9/c1-8(2)14(13-7-24-16(25-13)19(20,21)22)26-18-28-15(27-17(23)29-18)10-4-5-12-11(6-10)9(3)30-31-12/h4-8,14H,1-3H3,(H,24,25)(H,30,31)(H3,23,26,27,28,29). The Bertz CT molecular complexity index is 1230. The largest absolute Gasteiger partial charge is 0.449 e. The van der Waals surface area contributed by atoms with Crippen molar-refractivity contribution >= 4 is 22.8 Å². The molecule has 0 amide bonds. The second-order valence-electron chi connectivity index (χ2n) is 7.47. The summed E-state index contributed by atoms with van der Waals surface area (Å²) in [7, 11) is 0. The maximum Gasteiger partial charge on any atom is 0.449 e. The van der Waals surface area contributed by atoms with Crippen molar-refractivity contribution < 1.29 is 13.2 Å². The second-order valence-corrected chi connectivity index (χ2v) is 7.47. The summed E-state index contributed by atoms with van der Waals surface area (Å²) >= 11 is 0. The summed E-state index contributed by atoms with van der Waals surface area (Å²) in [5.74, 6) is -0.698. The maximum absolute atomic E-state index is 12.9. The number of nitrogen functional groups attached to an aromatic ring is 1. The number of rotatable bonds is 5. The van der Waals surface area contributed by atoms with E-state index in [0.717, 1.165) is 22.8 Å². The fraction of sp³-hybridized carbons (Fsp3) is 0.316. The molecule has 1 aromatic carbocycles. The fourth-order valence-electron chi connectivity index (χ4n) is 3.24. The predicted octanol–water partition coefficient (Wildman–Crippen LogP) is 3.86. The van der Waals surface area contributed by atoms with Gasteiger partial charge in [-0.3, -0.25) is 5.10 Å². The average Bonchev–Trinajstić information content (AvgIpc) is 3.32. The van der Waals surface area contributed by atoms with Crippen LogP contribution in [0.1, 0.15) is 37.1 Å². The first-order chi connectivity index (χ1) is 14.6. The number of halogens is 3. The highest BCUT2D eigenvalue weighted by Crippen LogP contribution is 2.31. The van der Waals surface area contributed by atoms with Crippen molar-refractivity contribution in [1.82, 2.24) is 35.1 Å². The van der Waals surface area contributed by atoms with E-state index < -0.39 is 18.0 Å². The molecule has 5 N–H and O–H groups in total. The molecule has 12 heteroatoms. The molecule has 0 bridgehead atoms. The highest BCUT2D eigenvalue weighted by molar-refractivity contribution is 5.85. The third-order valence-corrected chi connectivity index (χ3v) is 4.81. The van der Waals surface area contributed by atoms with Crippen molar-refractivity contribution in [1.29, 1.82) is 0 Å². The van der Waals surface area contributed by atoms with Crippen LogP contribution in [-0.2, 0) is 6.18 Å². The molecule has 31 heavy (non-hydrogen) atoms. The highest BCUT2D eigenvalue weighted by atomic mass is 19.4. The number of imidazole rings is 1. The van der Waals surface area contributed by atoms with E-state index in [1.165, 1.54) is 0 Å². The van der Waals surface area contributed by atoms with Crippen molar-refractivity contribution in [3.63, 3.8) is 0 Å². The van der Waals surface area contributed by atoms with Gasteiger partial charge in [0.2, 0.25) is 17.7 Å². The van der Waals surface area contributed by atoms with Crippen molar-refractivity contribution in [2.75, 3.05) is 11.1 Å². The van der Waals surface area contributed by atoms with Crippen LogP contribution in [0.5, 0.6) is 0 Å². The molecule has 3 heterocycles. The maximum atomic E-state index is 12.9. The van der Waals surface area contributed by atoms with E-state index in [1.54, 1.807) is 0 Å². The zero-order valence-corrected chi connectivity index (χ0v) is 16.9. The first-order valence-corrected chi connectivity index (χ1v) is 9.47. The zero-order chi connectivity index (χ0) is 22.3. The molecule has 3 aromatic heterocycles. The molecule has 4 aromatic rings. The Balaban J connectivity index is 1.68. The van der Waals surface area contributed by atoms with Gasteiger partial charge in [-0.2, -0.15) is 33.2 Å². The fourth-order valence-corrected chi connectivity index (χ4v) is 3.24. The third kappa shape index (κ3) is 4.13. The molecule has 0 aliphatic rings. The lowest BCUT2D eigenvalue weighted by atomic mass is 10.0. The number of aryl methyl sites for hydroxylation is 1. The molecule has 0 aliphatic carbocycles. The number of aromatic nitrogens is 7. The van der Waals surface area contributed by atoms with Crippen molar-refractivity contribution in [3.8, 4) is 11.4 Å². The third-order valence-electron chi connectivity index (χ3n) is 4.81. The summed E-state index contributed by atoms with van der Waals surface area (Å²) < 4.78 is 38.8. The molecule has 4 rings (SSSR count). The van der Waals surface area contributed by atoms with Gasteiger partial charge in [-0.15, -0.1) is 0 Å². The predicted molar refractivity (Wildman–Crippen MR) is 109 cm³/mol. The minimum absolute atomic E-state index is 0.0143. The number of benzene rings is 1. The van der Waals surface area contributed by atoms with Gasteiger partial charge in [0.25, 0.3) is 0 Å². The minimum atomic E-state index is -4.56. The van der Waals surface area contributed by atoms with Crippen LogP contribution in [0.3, 0.4) is 0 Å². The zero-order valence-electron chi connectivity index (χ0n) is 16.9. The SMILES string of the molecule is Cc1[nH]nc2ccc(-c3nc(N)nc(NC(c4cnc(C(F)(F)F)[nH]4)C(C)C)n3)cc12. The summed E-state index contributed by atoms with van der Waals surface area (Å²) in [4.78, 5) is 18.5. The summed E-state index contributed by atoms with van der Waals surface area (Å²) in [6.45, 7) is 5.61. The van der Waals surface area contributed by atoms with Gasteiger partial charge in [0.05, 0.1) is 23.4 Å². The number of alkyl halides is 3. The molecule has 1 unspecified atom stereocenters. The Morgan fingerprint density at radius 3 is 2.58 bits per heavy atom. The Hall–Kier alpha value is -3.70. The molecule has 1 atom stereocenters. The highest BCUT2D eigenvalue weighted by Gasteiger charge is 2.35. The van der Waals surface area contributed by atoms with Gasteiger partial charge in [0.15, 0.2) is 5.82 Å². The molecule has 0 radical (unpaired) electrons. The lowest BCUT2D eigenvalue weighted by Crippen LogP contribution is -2.20. The molecule has 0 fully saturated rings. The van der Waals surface area contributed by atoms with Crippen LogP contribution in [0, 0.1) is 12.8 Å². The Labute approximate surface area is 174 Å². The van der Waals surface area contributed by atoms with E-state index in [1.807, 2.05) is 39.0 Å². The van der Waals surface area contributed by atoms with Crippen LogP contribution >= 0.6 is 0 Å². The van der Waals surface area contributed by atoms with Gasteiger partial charge in [0, 0.05) is 16.6 Å². The number of hydrogen-bond donors (Lipinski definition) is 4. The molecule has 162 valence electrons. The second kappa shape index (κ2) is 7.52. The van der Waals surface area contributed by atoms with Crippen LogP contribution in [0.15, 0.2) is 24.4 Å². The van der Waals surface area contributed by atoms with E-state index in [2.05, 4.69) is 40.4 Å². The van der Waals surface area contributed by atoms with E-state index in [-0.39, 0.29) is 23.5 Å². The molecular formula is C19H20F3N9. The quantitative estimate of drug-likeness (QED) is 0.377. The number of H-pyrrole nitrogens is 2. The van der Waals surface area contributed by atoms with Crippen molar-refractivity contribution in [2.45, 2.75) is 33.0 Å². The van der Waals surface area contributed by atoms with Crippen LogP contribution in [0.4, 0.5) is 25.1 Å². The molecule has 0 saturated carbocycles. The van der Waals surface area contributed by atoms with Crippen LogP contribution < -0.4 is 11.1 Å². The molecule has 0 spiro atoms. The average molecular weight is 431 g/mol. The smallest absolute Gasteiger partial charge is 0.368 e. The van der Waals surface area contributed by atoms with E-state index in [4.69, 9.17) is 5.73 Å². The number of nitrogens with zero attached hydrogens (tertiary/aromatic N) is 5. The van der Waals surface area contributed by atoms with Crippen LogP contribution in [0.2, 0.25) is 0 Å². The number of nitrogens with one attached hydrogen (secondary N) is 3. The summed E-state index contributed by atoms with van der Waals surface area (Å²) in [6.07, 6.45) is -3.41. The minimum Gasteiger partial charge on any atom is -0.368 e. The monoisotopic (exact) mass is 431 g/mol. The Morgan fingerprint density at radius 2 is 1.90 bits per heavy atom. The Morgan fingerprint density at radius 1 is 1.13 bits per heavy atom. The first kappa shape index (κ1) is 20.6. The van der Waals surface area contributed by atoms with Crippen LogP contribution in [-0.4, -0.2) is 35.1 Å².